The van der Waals surface area contributed by atoms with E-state index in [0.29, 0.717) is 12.1 Å². The molecule has 0 saturated carbocycles. The first-order chi connectivity index (χ1) is 9.76. The summed E-state index contributed by atoms with van der Waals surface area (Å²) < 4.78 is 6.76. The minimum atomic E-state index is 0.394. The highest BCUT2D eigenvalue weighted by atomic mass is 79.9. The van der Waals surface area contributed by atoms with Gasteiger partial charge in [-0.25, -0.2) is 0 Å². The molecule has 1 aliphatic heterocycles. The molecule has 0 radical (unpaired) electrons. The standard InChI is InChI=1S/C16H25BrN2O/c1-3-13-12-20-11-10-19(13)9-8-16(18-2)14-6-4-5-7-15(14)17/h4-7,13,16,18H,3,8-12H2,1-2H3. The summed E-state index contributed by atoms with van der Waals surface area (Å²) in [6.07, 6.45) is 2.29. The van der Waals surface area contributed by atoms with Crippen LogP contribution in [0, 0.1) is 0 Å². The molecule has 1 aliphatic rings. The first-order valence-corrected chi connectivity index (χ1v) is 8.29. The summed E-state index contributed by atoms with van der Waals surface area (Å²) in [6.45, 7) is 6.18. The van der Waals surface area contributed by atoms with Gasteiger partial charge in [0, 0.05) is 29.6 Å². The summed E-state index contributed by atoms with van der Waals surface area (Å²) in [5, 5.41) is 3.44. The van der Waals surface area contributed by atoms with Gasteiger partial charge in [0.15, 0.2) is 0 Å². The van der Waals surface area contributed by atoms with E-state index >= 15 is 0 Å². The molecule has 1 aromatic carbocycles. The van der Waals surface area contributed by atoms with Crippen molar-refractivity contribution >= 4 is 15.9 Å². The van der Waals surface area contributed by atoms with E-state index in [1.807, 2.05) is 7.05 Å². The highest BCUT2D eigenvalue weighted by Crippen LogP contribution is 2.26. The van der Waals surface area contributed by atoms with Crippen molar-refractivity contribution in [1.82, 2.24) is 10.2 Å². The molecule has 0 aliphatic carbocycles. The van der Waals surface area contributed by atoms with E-state index in [9.17, 15) is 0 Å². The number of hydrogen-bond acceptors (Lipinski definition) is 3. The molecular formula is C16H25BrN2O. The Hall–Kier alpha value is -0.420. The third kappa shape index (κ3) is 4.04. The number of rotatable bonds is 6. The monoisotopic (exact) mass is 340 g/mol. The Morgan fingerprint density at radius 1 is 1.45 bits per heavy atom. The second kappa shape index (κ2) is 8.13. The fourth-order valence-electron chi connectivity index (χ4n) is 2.87. The molecule has 0 bridgehead atoms. The maximum atomic E-state index is 5.58. The molecule has 2 atom stereocenters. The van der Waals surface area contributed by atoms with Crippen LogP contribution in [0.3, 0.4) is 0 Å². The minimum absolute atomic E-state index is 0.394. The van der Waals surface area contributed by atoms with Gasteiger partial charge in [-0.1, -0.05) is 41.1 Å². The van der Waals surface area contributed by atoms with Gasteiger partial charge in [0.1, 0.15) is 0 Å². The van der Waals surface area contributed by atoms with Crippen molar-refractivity contribution in [3.05, 3.63) is 34.3 Å². The predicted octanol–water partition coefficient (Wildman–Crippen LogP) is 3.21. The number of morpholine rings is 1. The van der Waals surface area contributed by atoms with E-state index in [1.165, 1.54) is 16.5 Å². The van der Waals surface area contributed by atoms with Crippen LogP contribution >= 0.6 is 15.9 Å². The smallest absolute Gasteiger partial charge is 0.0622 e. The molecule has 1 N–H and O–H groups in total. The van der Waals surface area contributed by atoms with Gasteiger partial charge in [-0.05, 0) is 31.5 Å². The van der Waals surface area contributed by atoms with Crippen LogP contribution in [0.5, 0.6) is 0 Å². The lowest BCUT2D eigenvalue weighted by Gasteiger charge is -2.36. The molecule has 2 rings (SSSR count). The highest BCUT2D eigenvalue weighted by Gasteiger charge is 2.22. The first kappa shape index (κ1) is 16.0. The maximum Gasteiger partial charge on any atom is 0.0622 e. The molecule has 20 heavy (non-hydrogen) atoms. The quantitative estimate of drug-likeness (QED) is 0.860. The van der Waals surface area contributed by atoms with E-state index in [1.54, 1.807) is 0 Å². The summed E-state index contributed by atoms with van der Waals surface area (Å²) >= 11 is 3.66. The summed E-state index contributed by atoms with van der Waals surface area (Å²) in [7, 11) is 2.04. The Morgan fingerprint density at radius 3 is 2.95 bits per heavy atom. The topological polar surface area (TPSA) is 24.5 Å². The Labute approximate surface area is 130 Å². The summed E-state index contributed by atoms with van der Waals surface area (Å²) in [4.78, 5) is 2.57. The van der Waals surface area contributed by atoms with Crippen molar-refractivity contribution in [3.8, 4) is 0 Å². The number of hydrogen-bond donors (Lipinski definition) is 1. The largest absolute Gasteiger partial charge is 0.378 e. The van der Waals surface area contributed by atoms with Gasteiger partial charge in [0.2, 0.25) is 0 Å². The van der Waals surface area contributed by atoms with Gasteiger partial charge in [0.25, 0.3) is 0 Å². The van der Waals surface area contributed by atoms with E-state index in [0.717, 1.165) is 32.7 Å². The number of nitrogens with one attached hydrogen (secondary N) is 1. The average molecular weight is 341 g/mol. The van der Waals surface area contributed by atoms with Crippen LogP contribution in [0.1, 0.15) is 31.4 Å². The number of benzene rings is 1. The van der Waals surface area contributed by atoms with E-state index in [2.05, 4.69) is 57.3 Å². The normalized spacial score (nSPS) is 21.9. The molecular weight excluding hydrogens is 316 g/mol. The van der Waals surface area contributed by atoms with Crippen LogP contribution in [0.4, 0.5) is 0 Å². The van der Waals surface area contributed by atoms with Gasteiger partial charge in [0.05, 0.1) is 13.2 Å². The molecule has 1 fully saturated rings. The lowest BCUT2D eigenvalue weighted by molar-refractivity contribution is -0.00998. The van der Waals surface area contributed by atoms with E-state index in [-0.39, 0.29) is 0 Å². The van der Waals surface area contributed by atoms with E-state index < -0.39 is 0 Å². The van der Waals surface area contributed by atoms with Crippen molar-refractivity contribution in [1.29, 1.82) is 0 Å². The lowest BCUT2D eigenvalue weighted by atomic mass is 10.0. The molecule has 0 aromatic heterocycles. The van der Waals surface area contributed by atoms with Crippen LogP contribution in [0.25, 0.3) is 0 Å². The van der Waals surface area contributed by atoms with Crippen LogP contribution < -0.4 is 5.32 Å². The molecule has 0 spiro atoms. The number of nitrogens with zero attached hydrogens (tertiary/aromatic N) is 1. The zero-order chi connectivity index (χ0) is 14.4. The second-order valence-corrected chi connectivity index (χ2v) is 6.18. The van der Waals surface area contributed by atoms with Gasteiger partial charge in [-0.15, -0.1) is 0 Å². The molecule has 1 saturated heterocycles. The van der Waals surface area contributed by atoms with Crippen LogP contribution in [0.15, 0.2) is 28.7 Å². The van der Waals surface area contributed by atoms with Gasteiger partial charge < -0.3 is 10.1 Å². The van der Waals surface area contributed by atoms with Crippen molar-refractivity contribution < 1.29 is 4.74 Å². The second-order valence-electron chi connectivity index (χ2n) is 5.32. The van der Waals surface area contributed by atoms with Crippen molar-refractivity contribution in [2.45, 2.75) is 31.8 Å². The Morgan fingerprint density at radius 2 is 2.25 bits per heavy atom. The molecule has 4 heteroatoms. The molecule has 112 valence electrons. The summed E-state index contributed by atoms with van der Waals surface area (Å²) in [5.41, 5.74) is 1.34. The fourth-order valence-corrected chi connectivity index (χ4v) is 3.43. The third-order valence-electron chi connectivity index (χ3n) is 4.15. The van der Waals surface area contributed by atoms with E-state index in [4.69, 9.17) is 4.74 Å². The molecule has 3 nitrogen and oxygen atoms in total. The zero-order valence-corrected chi connectivity index (χ0v) is 14.0. The van der Waals surface area contributed by atoms with Gasteiger partial charge >= 0.3 is 0 Å². The number of halogens is 1. The Bertz CT molecular complexity index is 413. The predicted molar refractivity (Wildman–Crippen MR) is 87.0 cm³/mol. The van der Waals surface area contributed by atoms with Crippen LogP contribution in [0.2, 0.25) is 0 Å². The molecule has 1 aromatic rings. The lowest BCUT2D eigenvalue weighted by Crippen LogP contribution is -2.46. The fraction of sp³-hybridized carbons (Fsp3) is 0.625. The minimum Gasteiger partial charge on any atom is -0.378 e. The summed E-state index contributed by atoms with van der Waals surface area (Å²) in [5.74, 6) is 0. The summed E-state index contributed by atoms with van der Waals surface area (Å²) in [6, 6.07) is 9.46. The van der Waals surface area contributed by atoms with Gasteiger partial charge in [-0.2, -0.15) is 0 Å². The molecule has 0 amide bonds. The third-order valence-corrected chi connectivity index (χ3v) is 4.88. The van der Waals surface area contributed by atoms with Crippen LogP contribution in [-0.2, 0) is 4.74 Å². The van der Waals surface area contributed by atoms with Crippen molar-refractivity contribution in [2.75, 3.05) is 33.4 Å². The highest BCUT2D eigenvalue weighted by molar-refractivity contribution is 9.10. The van der Waals surface area contributed by atoms with Crippen LogP contribution in [-0.4, -0.2) is 44.3 Å². The average Bonchev–Trinajstić information content (AvgIpc) is 2.50. The Kier molecular flexibility index (Phi) is 6.49. The van der Waals surface area contributed by atoms with Crippen molar-refractivity contribution in [2.24, 2.45) is 0 Å². The molecule has 1 heterocycles. The zero-order valence-electron chi connectivity index (χ0n) is 12.4. The Balaban J connectivity index is 1.95. The van der Waals surface area contributed by atoms with Gasteiger partial charge in [-0.3, -0.25) is 4.90 Å². The molecule has 2 unspecified atom stereocenters. The first-order valence-electron chi connectivity index (χ1n) is 7.49. The SMILES string of the molecule is CCC1COCCN1CCC(NC)c1ccccc1Br. The van der Waals surface area contributed by atoms with Crippen molar-refractivity contribution in [3.63, 3.8) is 0 Å². The number of ether oxygens (including phenoxy) is 1. The maximum absolute atomic E-state index is 5.58.